The molecule has 0 aliphatic carbocycles. The zero-order valence-electron chi connectivity index (χ0n) is 7.86. The summed E-state index contributed by atoms with van der Waals surface area (Å²) in [6, 6.07) is 0. The van der Waals surface area contributed by atoms with Crippen LogP contribution >= 0.6 is 19.6 Å². The normalized spacial score (nSPS) is 16.1. The Morgan fingerprint density at radius 1 is 1.53 bits per heavy atom. The van der Waals surface area contributed by atoms with Gasteiger partial charge in [0.1, 0.15) is 12.7 Å². The molecule has 15 heavy (non-hydrogen) atoms. The fourth-order valence-corrected chi connectivity index (χ4v) is 1.51. The Morgan fingerprint density at radius 3 is 2.47 bits per heavy atom. The summed E-state index contributed by atoms with van der Waals surface area (Å²) < 4.78 is 13.7. The van der Waals surface area contributed by atoms with Crippen LogP contribution in [0.25, 0.3) is 0 Å². The molecule has 0 fully saturated rings. The molecule has 2 N–H and O–H groups in total. The number of aliphatic hydroxyl groups is 2. The molecule has 0 aromatic heterocycles. The Bertz CT molecular complexity index is 252. The highest BCUT2D eigenvalue weighted by molar-refractivity contribution is 7.98. The average Bonchev–Trinajstić information content (AvgIpc) is 2.12. The molecular formula is C6H11O7PS-2. The van der Waals surface area contributed by atoms with Crippen LogP contribution in [0, 0.1) is 0 Å². The summed E-state index contributed by atoms with van der Waals surface area (Å²) in [5.74, 6) is -0.942. The van der Waals surface area contributed by atoms with Gasteiger partial charge in [-0.05, 0) is 6.26 Å². The van der Waals surface area contributed by atoms with Crippen molar-refractivity contribution in [1.82, 2.24) is 0 Å². The van der Waals surface area contributed by atoms with Crippen molar-refractivity contribution in [2.75, 3.05) is 18.6 Å². The summed E-state index contributed by atoms with van der Waals surface area (Å²) >= 11 is 1.20. The average molecular weight is 258 g/mol. The Balaban J connectivity index is 4.05. The van der Waals surface area contributed by atoms with Crippen LogP contribution in [0.5, 0.6) is 0 Å². The predicted molar refractivity (Wildman–Crippen MR) is 49.0 cm³/mol. The number of phosphoric acid groups is 1. The Kier molecular flexibility index (Phi) is 6.62. The van der Waals surface area contributed by atoms with Gasteiger partial charge in [0.05, 0.1) is 13.9 Å². The molecule has 0 spiro atoms. The number of carbonyl (C=O) groups excluding carboxylic acids is 1. The van der Waals surface area contributed by atoms with Crippen molar-refractivity contribution >= 4 is 25.4 Å². The van der Waals surface area contributed by atoms with Crippen molar-refractivity contribution < 1.29 is 33.9 Å². The lowest BCUT2D eigenvalue weighted by molar-refractivity contribution is -0.341. The summed E-state index contributed by atoms with van der Waals surface area (Å²) in [6.07, 6.45) is -1.40. The molecule has 0 aromatic rings. The molecule has 0 radical (unpaired) electrons. The van der Waals surface area contributed by atoms with Crippen LogP contribution in [0.1, 0.15) is 0 Å². The van der Waals surface area contributed by atoms with E-state index in [1.165, 1.54) is 11.8 Å². The molecule has 9 heteroatoms. The summed E-state index contributed by atoms with van der Waals surface area (Å²) in [4.78, 5) is 31.0. The molecule has 0 saturated heterocycles. The lowest BCUT2D eigenvalue weighted by atomic mass is 10.1. The van der Waals surface area contributed by atoms with Gasteiger partial charge in [-0.15, -0.1) is 0 Å². The molecule has 0 saturated carbocycles. The summed E-state index contributed by atoms with van der Waals surface area (Å²) in [5, 5.41) is 18.3. The minimum Gasteiger partial charge on any atom is -0.790 e. The minimum absolute atomic E-state index is 0.110. The number of hydrogen-bond acceptors (Lipinski definition) is 8. The molecule has 2 atom stereocenters. The van der Waals surface area contributed by atoms with Crippen molar-refractivity contribution in [3.8, 4) is 0 Å². The van der Waals surface area contributed by atoms with Crippen molar-refractivity contribution in [3.05, 3.63) is 0 Å². The Morgan fingerprint density at radius 2 is 2.07 bits per heavy atom. The maximum Gasteiger partial charge on any atom is 0.189 e. The second-order valence-corrected chi connectivity index (χ2v) is 4.72. The number of phosphoric ester groups is 1. The number of thioether (sulfide) groups is 1. The van der Waals surface area contributed by atoms with E-state index < -0.39 is 32.4 Å². The smallest absolute Gasteiger partial charge is 0.189 e. The van der Waals surface area contributed by atoms with Gasteiger partial charge in [0.25, 0.3) is 0 Å². The first-order valence-electron chi connectivity index (χ1n) is 3.82. The number of carbonyl (C=O) groups is 1. The van der Waals surface area contributed by atoms with Crippen LogP contribution in [-0.4, -0.2) is 46.8 Å². The van der Waals surface area contributed by atoms with Gasteiger partial charge in [0.2, 0.25) is 0 Å². The third-order valence-corrected chi connectivity index (χ3v) is 2.52. The highest BCUT2D eigenvalue weighted by Gasteiger charge is 2.23. The summed E-state index contributed by atoms with van der Waals surface area (Å²) in [5.41, 5.74) is 0. The van der Waals surface area contributed by atoms with E-state index in [4.69, 9.17) is 10.2 Å². The fourth-order valence-electron chi connectivity index (χ4n) is 0.705. The Hall–Kier alpha value is 0.0500. The standard InChI is InChI=1S/C6H13O7PS/c1-15-3-5(8)6(9)4(7)2-13-14(10,11)12/h5-6,8-9H,2-3H2,1H3,(H2,10,11,12)/p-2/t5-,6+/m1/s1. The van der Waals surface area contributed by atoms with E-state index in [-0.39, 0.29) is 5.75 Å². The number of rotatable bonds is 7. The van der Waals surface area contributed by atoms with Crippen LogP contribution < -0.4 is 9.79 Å². The second-order valence-electron chi connectivity index (χ2n) is 2.65. The quantitative estimate of drug-likeness (QED) is 0.479. The van der Waals surface area contributed by atoms with Gasteiger partial charge in [-0.3, -0.25) is 4.79 Å². The van der Waals surface area contributed by atoms with E-state index in [2.05, 4.69) is 4.52 Å². The van der Waals surface area contributed by atoms with E-state index >= 15 is 0 Å². The van der Waals surface area contributed by atoms with Crippen LogP contribution in [0.4, 0.5) is 0 Å². The van der Waals surface area contributed by atoms with Gasteiger partial charge >= 0.3 is 0 Å². The van der Waals surface area contributed by atoms with Crippen molar-refractivity contribution in [2.24, 2.45) is 0 Å². The molecule has 7 nitrogen and oxygen atoms in total. The number of ketones is 1. The third-order valence-electron chi connectivity index (χ3n) is 1.40. The number of aliphatic hydroxyl groups excluding tert-OH is 2. The van der Waals surface area contributed by atoms with Crippen molar-refractivity contribution in [1.29, 1.82) is 0 Å². The van der Waals surface area contributed by atoms with Crippen LogP contribution in [0.15, 0.2) is 0 Å². The van der Waals surface area contributed by atoms with Crippen LogP contribution in [-0.2, 0) is 13.9 Å². The summed E-state index contributed by atoms with van der Waals surface area (Å²) in [7, 11) is -5.22. The monoisotopic (exact) mass is 258 g/mol. The van der Waals surface area contributed by atoms with Gasteiger partial charge in [-0.1, -0.05) is 0 Å². The Labute approximate surface area is 90.7 Å². The van der Waals surface area contributed by atoms with Gasteiger partial charge in [0.15, 0.2) is 5.78 Å². The van der Waals surface area contributed by atoms with E-state index in [1.54, 1.807) is 6.26 Å². The summed E-state index contributed by atoms with van der Waals surface area (Å²) in [6.45, 7) is -1.06. The maximum atomic E-state index is 11.0. The number of Topliss-reactive ketones (excluding diaryl/α,β-unsaturated/α-hetero) is 1. The molecule has 0 aliphatic heterocycles. The SMILES string of the molecule is CSC[C@@H](O)[C@@H](O)C(=O)COP(=O)([O-])[O-]. The minimum atomic E-state index is -5.22. The topological polar surface area (TPSA) is 130 Å². The van der Waals surface area contributed by atoms with Crippen molar-refractivity contribution in [2.45, 2.75) is 12.2 Å². The van der Waals surface area contributed by atoms with Gasteiger partial charge in [0, 0.05) is 5.75 Å². The zero-order valence-corrected chi connectivity index (χ0v) is 9.57. The van der Waals surface area contributed by atoms with Crippen LogP contribution in [0.2, 0.25) is 0 Å². The molecule has 0 bridgehead atoms. The second kappa shape index (κ2) is 6.59. The van der Waals surface area contributed by atoms with E-state index in [0.29, 0.717) is 0 Å². The first-order valence-corrected chi connectivity index (χ1v) is 6.67. The first kappa shape index (κ1) is 15.0. The zero-order chi connectivity index (χ0) is 12.1. The van der Waals surface area contributed by atoms with Gasteiger partial charge < -0.3 is 29.1 Å². The van der Waals surface area contributed by atoms with Crippen molar-refractivity contribution in [3.63, 3.8) is 0 Å². The molecule has 0 rings (SSSR count). The lowest BCUT2D eigenvalue weighted by Gasteiger charge is -2.28. The molecular weight excluding hydrogens is 247 g/mol. The highest BCUT2D eigenvalue weighted by atomic mass is 32.2. The molecule has 90 valence electrons. The molecule has 0 aliphatic rings. The first-order chi connectivity index (χ1) is 6.78. The predicted octanol–water partition coefficient (Wildman–Crippen LogP) is -2.51. The van der Waals surface area contributed by atoms with E-state index in [9.17, 15) is 19.1 Å². The highest BCUT2D eigenvalue weighted by Crippen LogP contribution is 2.24. The molecule has 0 heterocycles. The molecule has 0 unspecified atom stereocenters. The van der Waals surface area contributed by atoms with E-state index in [0.717, 1.165) is 0 Å². The largest absolute Gasteiger partial charge is 0.790 e. The van der Waals surface area contributed by atoms with Gasteiger partial charge in [-0.25, -0.2) is 0 Å². The molecule has 0 aromatic carbocycles. The van der Waals surface area contributed by atoms with Gasteiger partial charge in [-0.2, -0.15) is 11.8 Å². The number of hydrogen-bond donors (Lipinski definition) is 2. The third kappa shape index (κ3) is 7.02. The van der Waals surface area contributed by atoms with Crippen LogP contribution in [0.3, 0.4) is 0 Å². The molecule has 0 amide bonds. The lowest BCUT2D eigenvalue weighted by Crippen LogP contribution is -2.38. The van der Waals surface area contributed by atoms with E-state index in [1.807, 2.05) is 0 Å². The fraction of sp³-hybridized carbons (Fsp3) is 0.833. The maximum absolute atomic E-state index is 11.0.